The smallest absolute Gasteiger partial charge is 0.270 e. The molecule has 2 aromatic rings. The van der Waals surface area contributed by atoms with Crippen molar-refractivity contribution in [3.63, 3.8) is 0 Å². The second kappa shape index (κ2) is 5.93. The van der Waals surface area contributed by atoms with Crippen LogP contribution >= 0.6 is 11.6 Å². The number of aromatic nitrogens is 1. The summed E-state index contributed by atoms with van der Waals surface area (Å²) < 4.78 is 1.83. The molecular weight excluding hydrogens is 260 g/mol. The zero-order chi connectivity index (χ0) is 13.8. The summed E-state index contributed by atoms with van der Waals surface area (Å²) >= 11 is 6.14. The van der Waals surface area contributed by atoms with E-state index in [9.17, 15) is 4.79 Å². The molecule has 0 aliphatic heterocycles. The lowest BCUT2D eigenvalue weighted by molar-refractivity contribution is 0.0743. The summed E-state index contributed by atoms with van der Waals surface area (Å²) in [6, 6.07) is 11.3. The fourth-order valence-corrected chi connectivity index (χ4v) is 2.20. The van der Waals surface area contributed by atoms with Crippen LogP contribution in [0, 0.1) is 0 Å². The van der Waals surface area contributed by atoms with Gasteiger partial charge in [0.15, 0.2) is 0 Å². The molecule has 0 aliphatic rings. The average molecular weight is 277 g/mol. The van der Waals surface area contributed by atoms with Crippen molar-refractivity contribution in [2.45, 2.75) is 13.5 Å². The Morgan fingerprint density at radius 2 is 2.00 bits per heavy atom. The summed E-state index contributed by atoms with van der Waals surface area (Å²) in [5.74, 6) is 0.0231. The first-order chi connectivity index (χ1) is 9.13. The summed E-state index contributed by atoms with van der Waals surface area (Å²) in [5, 5.41) is 0.695. The Bertz CT molecular complexity index is 577. The molecule has 3 nitrogen and oxygen atoms in total. The number of carbonyl (C=O) groups excluding carboxylic acids is 1. The van der Waals surface area contributed by atoms with Crippen LogP contribution in [-0.2, 0) is 13.6 Å². The highest BCUT2D eigenvalue weighted by Crippen LogP contribution is 2.18. The Hall–Kier alpha value is -1.74. The molecule has 0 saturated carbocycles. The van der Waals surface area contributed by atoms with E-state index in [4.69, 9.17) is 11.6 Å². The molecule has 0 saturated heterocycles. The van der Waals surface area contributed by atoms with Crippen LogP contribution in [-0.4, -0.2) is 21.9 Å². The van der Waals surface area contributed by atoms with Crippen molar-refractivity contribution in [2.75, 3.05) is 6.54 Å². The number of benzene rings is 1. The number of carbonyl (C=O) groups is 1. The molecule has 1 aromatic heterocycles. The van der Waals surface area contributed by atoms with E-state index >= 15 is 0 Å². The van der Waals surface area contributed by atoms with Gasteiger partial charge in [0.05, 0.1) is 0 Å². The van der Waals surface area contributed by atoms with Gasteiger partial charge >= 0.3 is 0 Å². The maximum Gasteiger partial charge on any atom is 0.270 e. The zero-order valence-corrected chi connectivity index (χ0v) is 11.9. The molecule has 1 amide bonds. The number of hydrogen-bond donors (Lipinski definition) is 0. The van der Waals surface area contributed by atoms with Crippen LogP contribution in [0.1, 0.15) is 23.0 Å². The molecule has 0 bridgehead atoms. The van der Waals surface area contributed by atoms with Gasteiger partial charge in [-0.2, -0.15) is 0 Å². The van der Waals surface area contributed by atoms with E-state index in [2.05, 4.69) is 0 Å². The van der Waals surface area contributed by atoms with E-state index in [0.29, 0.717) is 23.8 Å². The maximum absolute atomic E-state index is 12.4. The van der Waals surface area contributed by atoms with E-state index in [1.807, 2.05) is 61.1 Å². The van der Waals surface area contributed by atoms with E-state index in [1.54, 1.807) is 4.90 Å². The number of nitrogens with zero attached hydrogens (tertiary/aromatic N) is 2. The lowest BCUT2D eigenvalue weighted by Gasteiger charge is -2.21. The molecule has 19 heavy (non-hydrogen) atoms. The van der Waals surface area contributed by atoms with Gasteiger partial charge in [-0.25, -0.2) is 0 Å². The second-order valence-electron chi connectivity index (χ2n) is 4.42. The third-order valence-corrected chi connectivity index (χ3v) is 3.52. The summed E-state index contributed by atoms with van der Waals surface area (Å²) in [6.07, 6.45) is 1.87. The van der Waals surface area contributed by atoms with Gasteiger partial charge in [0.25, 0.3) is 5.91 Å². The number of hydrogen-bond acceptors (Lipinski definition) is 1. The fraction of sp³-hybridized carbons (Fsp3) is 0.267. The first kappa shape index (κ1) is 13.7. The molecule has 0 unspecified atom stereocenters. The van der Waals surface area contributed by atoms with Crippen LogP contribution in [0.25, 0.3) is 0 Å². The molecule has 4 heteroatoms. The van der Waals surface area contributed by atoms with Gasteiger partial charge in [0.1, 0.15) is 5.69 Å². The predicted octanol–water partition coefficient (Wildman–Crippen LogP) is 3.34. The Labute approximate surface area is 118 Å². The van der Waals surface area contributed by atoms with Crippen molar-refractivity contribution in [2.24, 2.45) is 7.05 Å². The highest BCUT2D eigenvalue weighted by atomic mass is 35.5. The SMILES string of the molecule is CCN(Cc1ccccc1Cl)C(=O)c1cccn1C. The highest BCUT2D eigenvalue weighted by molar-refractivity contribution is 6.31. The van der Waals surface area contributed by atoms with Gasteiger partial charge in [0, 0.05) is 31.4 Å². The van der Waals surface area contributed by atoms with Crippen molar-refractivity contribution in [3.05, 3.63) is 58.9 Å². The summed E-state index contributed by atoms with van der Waals surface area (Å²) in [7, 11) is 1.87. The minimum Gasteiger partial charge on any atom is -0.347 e. The molecule has 1 aromatic carbocycles. The Kier molecular flexibility index (Phi) is 4.27. The molecule has 0 fully saturated rings. The van der Waals surface area contributed by atoms with E-state index in [1.165, 1.54) is 0 Å². The van der Waals surface area contributed by atoms with Crippen molar-refractivity contribution < 1.29 is 4.79 Å². The topological polar surface area (TPSA) is 25.2 Å². The first-order valence-electron chi connectivity index (χ1n) is 6.27. The largest absolute Gasteiger partial charge is 0.347 e. The normalized spacial score (nSPS) is 10.5. The van der Waals surface area contributed by atoms with Crippen LogP contribution in [0.15, 0.2) is 42.6 Å². The minimum absolute atomic E-state index is 0.0231. The molecule has 100 valence electrons. The van der Waals surface area contributed by atoms with Crippen LogP contribution in [0.2, 0.25) is 5.02 Å². The van der Waals surface area contributed by atoms with E-state index < -0.39 is 0 Å². The molecule has 0 spiro atoms. The lowest BCUT2D eigenvalue weighted by atomic mass is 10.2. The lowest BCUT2D eigenvalue weighted by Crippen LogP contribution is -2.31. The van der Waals surface area contributed by atoms with Crippen molar-refractivity contribution in [1.29, 1.82) is 0 Å². The van der Waals surface area contributed by atoms with Crippen molar-refractivity contribution >= 4 is 17.5 Å². The third-order valence-electron chi connectivity index (χ3n) is 3.15. The maximum atomic E-state index is 12.4. The van der Waals surface area contributed by atoms with Crippen LogP contribution in [0.3, 0.4) is 0 Å². The summed E-state index contributed by atoms with van der Waals surface area (Å²) in [6.45, 7) is 3.15. The first-order valence-corrected chi connectivity index (χ1v) is 6.65. The van der Waals surface area contributed by atoms with E-state index in [-0.39, 0.29) is 5.91 Å². The molecule has 2 rings (SSSR count). The minimum atomic E-state index is 0.0231. The van der Waals surface area contributed by atoms with Crippen LogP contribution < -0.4 is 0 Å². The number of rotatable bonds is 4. The zero-order valence-electron chi connectivity index (χ0n) is 11.1. The van der Waals surface area contributed by atoms with Crippen LogP contribution in [0.5, 0.6) is 0 Å². The molecular formula is C15H17ClN2O. The van der Waals surface area contributed by atoms with Crippen LogP contribution in [0.4, 0.5) is 0 Å². The van der Waals surface area contributed by atoms with Crippen molar-refractivity contribution in [1.82, 2.24) is 9.47 Å². The van der Waals surface area contributed by atoms with Gasteiger partial charge in [-0.15, -0.1) is 0 Å². The van der Waals surface area contributed by atoms with Gasteiger partial charge in [-0.05, 0) is 30.7 Å². The standard InChI is InChI=1S/C15H17ClN2O/c1-3-18(11-12-7-4-5-8-13(12)16)15(19)14-9-6-10-17(14)2/h4-10H,3,11H2,1-2H3. The highest BCUT2D eigenvalue weighted by Gasteiger charge is 2.17. The van der Waals surface area contributed by atoms with Gasteiger partial charge in [0.2, 0.25) is 0 Å². The van der Waals surface area contributed by atoms with Gasteiger partial charge in [-0.3, -0.25) is 4.79 Å². The predicted molar refractivity (Wildman–Crippen MR) is 77.3 cm³/mol. The summed E-state index contributed by atoms with van der Waals surface area (Å²) in [5.41, 5.74) is 1.66. The third kappa shape index (κ3) is 2.99. The molecule has 1 heterocycles. The van der Waals surface area contributed by atoms with Crippen molar-refractivity contribution in [3.8, 4) is 0 Å². The molecule has 0 atom stereocenters. The summed E-state index contributed by atoms with van der Waals surface area (Å²) in [4.78, 5) is 14.2. The quantitative estimate of drug-likeness (QED) is 0.841. The van der Waals surface area contributed by atoms with Gasteiger partial charge in [-0.1, -0.05) is 29.8 Å². The van der Waals surface area contributed by atoms with E-state index in [0.717, 1.165) is 5.56 Å². The average Bonchev–Trinajstić information content (AvgIpc) is 2.83. The molecule has 0 N–H and O–H groups in total. The number of halogens is 1. The monoisotopic (exact) mass is 276 g/mol. The number of amides is 1. The fourth-order valence-electron chi connectivity index (χ4n) is 2.00. The Morgan fingerprint density at radius 1 is 1.26 bits per heavy atom. The van der Waals surface area contributed by atoms with Gasteiger partial charge < -0.3 is 9.47 Å². The second-order valence-corrected chi connectivity index (χ2v) is 4.82. The Morgan fingerprint density at radius 3 is 2.58 bits per heavy atom. The Balaban J connectivity index is 2.20. The molecule has 0 radical (unpaired) electrons. The molecule has 0 aliphatic carbocycles. The number of aryl methyl sites for hydroxylation is 1.